The van der Waals surface area contributed by atoms with E-state index in [2.05, 4.69) is 18.2 Å². The number of hydrogen-bond acceptors (Lipinski definition) is 4. The molecule has 2 aromatic carbocycles. The monoisotopic (exact) mass is 356 g/mol. The SMILES string of the molecule is CCOC(=O)C(C)(C)c1ccc(-c2ccccc2)c(COCCOC)c1. The van der Waals surface area contributed by atoms with Crippen LogP contribution in [0.4, 0.5) is 0 Å². The summed E-state index contributed by atoms with van der Waals surface area (Å²) < 4.78 is 16.0. The van der Waals surface area contributed by atoms with E-state index in [4.69, 9.17) is 14.2 Å². The van der Waals surface area contributed by atoms with E-state index in [0.29, 0.717) is 26.4 Å². The first-order chi connectivity index (χ1) is 12.5. The third-order valence-electron chi connectivity index (χ3n) is 4.39. The Labute approximate surface area is 156 Å². The maximum Gasteiger partial charge on any atom is 0.315 e. The summed E-state index contributed by atoms with van der Waals surface area (Å²) in [4.78, 5) is 12.4. The highest BCUT2D eigenvalue weighted by atomic mass is 16.5. The van der Waals surface area contributed by atoms with Crippen LogP contribution in [0.25, 0.3) is 11.1 Å². The van der Waals surface area contributed by atoms with E-state index < -0.39 is 5.41 Å². The second kappa shape index (κ2) is 9.51. The van der Waals surface area contributed by atoms with Gasteiger partial charge in [0.25, 0.3) is 0 Å². The molecule has 2 aromatic rings. The van der Waals surface area contributed by atoms with Gasteiger partial charge in [0.2, 0.25) is 0 Å². The standard InChI is InChI=1S/C22H28O4/c1-5-26-21(23)22(2,3)19-11-12-20(17-9-7-6-8-10-17)18(15-19)16-25-14-13-24-4/h6-12,15H,5,13-14,16H2,1-4H3. The third kappa shape index (κ3) is 4.93. The number of carbonyl (C=O) groups excluding carboxylic acids is 1. The predicted molar refractivity (Wildman–Crippen MR) is 103 cm³/mol. The first-order valence-electron chi connectivity index (χ1n) is 8.93. The number of methoxy groups -OCH3 is 1. The van der Waals surface area contributed by atoms with Crippen molar-refractivity contribution in [3.8, 4) is 11.1 Å². The van der Waals surface area contributed by atoms with Crippen LogP contribution < -0.4 is 0 Å². The molecule has 0 aliphatic heterocycles. The number of esters is 1. The minimum atomic E-state index is -0.716. The van der Waals surface area contributed by atoms with Crippen molar-refractivity contribution in [1.29, 1.82) is 0 Å². The number of hydrogen-bond donors (Lipinski definition) is 0. The van der Waals surface area contributed by atoms with Gasteiger partial charge in [-0.25, -0.2) is 0 Å². The molecule has 0 heterocycles. The van der Waals surface area contributed by atoms with Gasteiger partial charge in [0.15, 0.2) is 0 Å². The number of rotatable bonds is 9. The van der Waals surface area contributed by atoms with Gasteiger partial charge in [-0.2, -0.15) is 0 Å². The lowest BCUT2D eigenvalue weighted by Gasteiger charge is -2.24. The lowest BCUT2D eigenvalue weighted by molar-refractivity contribution is -0.148. The lowest BCUT2D eigenvalue weighted by atomic mass is 9.82. The van der Waals surface area contributed by atoms with E-state index >= 15 is 0 Å². The molecule has 140 valence electrons. The largest absolute Gasteiger partial charge is 0.465 e. The molecule has 0 aliphatic carbocycles. The molecule has 0 aliphatic rings. The van der Waals surface area contributed by atoms with Gasteiger partial charge in [-0.05, 0) is 43.0 Å². The normalized spacial score (nSPS) is 11.4. The molecule has 0 atom stereocenters. The van der Waals surface area contributed by atoms with Crippen molar-refractivity contribution in [2.24, 2.45) is 0 Å². The molecule has 0 bridgehead atoms. The predicted octanol–water partition coefficient (Wildman–Crippen LogP) is 4.36. The Morgan fingerprint density at radius 3 is 2.42 bits per heavy atom. The second-order valence-corrected chi connectivity index (χ2v) is 6.63. The first kappa shape index (κ1) is 20.1. The van der Waals surface area contributed by atoms with Gasteiger partial charge in [0.05, 0.1) is 31.8 Å². The molecule has 0 saturated heterocycles. The molecule has 0 radical (unpaired) electrons. The minimum absolute atomic E-state index is 0.223. The topological polar surface area (TPSA) is 44.8 Å². The fourth-order valence-corrected chi connectivity index (χ4v) is 2.75. The Bertz CT molecular complexity index is 707. The van der Waals surface area contributed by atoms with Gasteiger partial charge < -0.3 is 14.2 Å². The van der Waals surface area contributed by atoms with Crippen LogP contribution >= 0.6 is 0 Å². The molecule has 0 saturated carbocycles. The first-order valence-corrected chi connectivity index (χ1v) is 8.93. The molecule has 26 heavy (non-hydrogen) atoms. The smallest absolute Gasteiger partial charge is 0.315 e. The highest BCUT2D eigenvalue weighted by molar-refractivity contribution is 5.83. The summed E-state index contributed by atoms with van der Waals surface area (Å²) in [5.74, 6) is -0.223. The number of carbonyl (C=O) groups is 1. The molecule has 0 spiro atoms. The molecule has 0 fully saturated rings. The van der Waals surface area contributed by atoms with Crippen LogP contribution in [0.2, 0.25) is 0 Å². The molecular weight excluding hydrogens is 328 g/mol. The summed E-state index contributed by atoms with van der Waals surface area (Å²) in [5, 5.41) is 0. The van der Waals surface area contributed by atoms with Gasteiger partial charge in [-0.3, -0.25) is 4.79 Å². The summed E-state index contributed by atoms with van der Waals surface area (Å²) in [6, 6.07) is 16.3. The maximum atomic E-state index is 12.4. The molecule has 0 N–H and O–H groups in total. The van der Waals surface area contributed by atoms with E-state index in [9.17, 15) is 4.79 Å². The van der Waals surface area contributed by atoms with Crippen LogP contribution in [0.1, 0.15) is 31.9 Å². The van der Waals surface area contributed by atoms with Gasteiger partial charge in [0, 0.05) is 7.11 Å². The van der Waals surface area contributed by atoms with Crippen molar-refractivity contribution >= 4 is 5.97 Å². The van der Waals surface area contributed by atoms with Crippen molar-refractivity contribution in [2.45, 2.75) is 32.8 Å². The number of benzene rings is 2. The molecule has 2 rings (SSSR count). The lowest BCUT2D eigenvalue weighted by Crippen LogP contribution is -2.31. The van der Waals surface area contributed by atoms with E-state index in [-0.39, 0.29) is 5.97 Å². The molecule has 0 amide bonds. The third-order valence-corrected chi connectivity index (χ3v) is 4.39. The summed E-state index contributed by atoms with van der Waals surface area (Å²) in [7, 11) is 1.65. The van der Waals surface area contributed by atoms with Crippen molar-refractivity contribution in [3.63, 3.8) is 0 Å². The summed E-state index contributed by atoms with van der Waals surface area (Å²) >= 11 is 0. The van der Waals surface area contributed by atoms with Crippen LogP contribution in [0.15, 0.2) is 48.5 Å². The molecule has 4 heteroatoms. The molecule has 4 nitrogen and oxygen atoms in total. The highest BCUT2D eigenvalue weighted by Gasteiger charge is 2.31. The van der Waals surface area contributed by atoms with Crippen molar-refractivity contribution in [3.05, 3.63) is 59.7 Å². The fraction of sp³-hybridized carbons (Fsp3) is 0.409. The van der Waals surface area contributed by atoms with Crippen LogP contribution in [-0.4, -0.2) is 32.9 Å². The van der Waals surface area contributed by atoms with E-state index in [1.165, 1.54) is 0 Å². The van der Waals surface area contributed by atoms with E-state index in [1.807, 2.05) is 51.1 Å². The van der Waals surface area contributed by atoms with Crippen LogP contribution in [-0.2, 0) is 31.0 Å². The van der Waals surface area contributed by atoms with Gasteiger partial charge >= 0.3 is 5.97 Å². The maximum absolute atomic E-state index is 12.4. The minimum Gasteiger partial charge on any atom is -0.465 e. The van der Waals surface area contributed by atoms with Crippen LogP contribution in [0, 0.1) is 0 Å². The van der Waals surface area contributed by atoms with Gasteiger partial charge in [0.1, 0.15) is 0 Å². The van der Waals surface area contributed by atoms with E-state index in [0.717, 1.165) is 22.3 Å². The zero-order chi connectivity index (χ0) is 19.0. The quantitative estimate of drug-likeness (QED) is 0.495. The van der Waals surface area contributed by atoms with Crippen LogP contribution in [0.3, 0.4) is 0 Å². The second-order valence-electron chi connectivity index (χ2n) is 6.63. The highest BCUT2D eigenvalue weighted by Crippen LogP contribution is 2.31. The molecule has 0 unspecified atom stereocenters. The Hall–Kier alpha value is -2.17. The van der Waals surface area contributed by atoms with Crippen LogP contribution in [0.5, 0.6) is 0 Å². The summed E-state index contributed by atoms with van der Waals surface area (Å²) in [6.45, 7) is 7.50. The van der Waals surface area contributed by atoms with Crippen molar-refractivity contribution in [1.82, 2.24) is 0 Å². The van der Waals surface area contributed by atoms with E-state index in [1.54, 1.807) is 7.11 Å². The van der Waals surface area contributed by atoms with Gasteiger partial charge in [-0.1, -0.05) is 48.5 Å². The number of ether oxygens (including phenoxy) is 3. The Balaban J connectivity index is 2.36. The Morgan fingerprint density at radius 1 is 1.04 bits per heavy atom. The summed E-state index contributed by atoms with van der Waals surface area (Å²) in [5.41, 5.74) is 3.47. The van der Waals surface area contributed by atoms with Crippen molar-refractivity contribution in [2.75, 3.05) is 26.9 Å². The Kier molecular flexibility index (Phi) is 7.37. The summed E-state index contributed by atoms with van der Waals surface area (Å²) in [6.07, 6.45) is 0. The fourth-order valence-electron chi connectivity index (χ4n) is 2.75. The average Bonchev–Trinajstić information content (AvgIpc) is 2.66. The molecular formula is C22H28O4. The zero-order valence-electron chi connectivity index (χ0n) is 16.1. The zero-order valence-corrected chi connectivity index (χ0v) is 16.1. The van der Waals surface area contributed by atoms with Crippen molar-refractivity contribution < 1.29 is 19.0 Å². The Morgan fingerprint density at radius 2 is 1.77 bits per heavy atom. The molecule has 0 aromatic heterocycles. The average molecular weight is 356 g/mol. The van der Waals surface area contributed by atoms with Gasteiger partial charge in [-0.15, -0.1) is 0 Å².